The molecule has 0 fully saturated rings. The van der Waals surface area contributed by atoms with E-state index < -0.39 is 0 Å². The first-order chi connectivity index (χ1) is 20.7. The molecule has 0 aliphatic rings. The quantitative estimate of drug-likeness (QED) is 0.0929. The number of H-pyrrole nitrogens is 1. The highest BCUT2D eigenvalue weighted by atomic mass is 16.1. The van der Waals surface area contributed by atoms with Crippen LogP contribution in [0.15, 0.2) is 23.3 Å². The Hall–Kier alpha value is -1.78. The van der Waals surface area contributed by atoms with Gasteiger partial charge in [0.15, 0.2) is 5.65 Å². The first-order valence-electron chi connectivity index (χ1n) is 18.5. The zero-order valence-electron chi connectivity index (χ0n) is 28.0. The van der Waals surface area contributed by atoms with Gasteiger partial charge in [0.1, 0.15) is 0 Å². The zero-order chi connectivity index (χ0) is 29.9. The standard InChI is InChI=1S/C37H68N4O/c1-3-4-5-6-7-8-9-10-11-12-13-14-15-16-17-18-19-20-21-22-23-24-25-26-27-28-29-30-33-40(2)35-34-39-41-36(42)31-32-38-37(35)41/h31-32,34,39H,3-30,33H2,1-2H3. The van der Waals surface area contributed by atoms with Gasteiger partial charge in [-0.1, -0.05) is 180 Å². The number of unbranched alkanes of at least 4 members (excludes halogenated alkanes) is 27. The topological polar surface area (TPSA) is 53.4 Å². The van der Waals surface area contributed by atoms with Crippen molar-refractivity contribution in [1.29, 1.82) is 0 Å². The fourth-order valence-electron chi connectivity index (χ4n) is 6.32. The third-order valence-electron chi connectivity index (χ3n) is 9.16. The third kappa shape index (κ3) is 17.4. The maximum Gasteiger partial charge on any atom is 0.272 e. The molecule has 0 saturated heterocycles. The van der Waals surface area contributed by atoms with Crippen LogP contribution in [0.4, 0.5) is 5.69 Å². The molecule has 0 radical (unpaired) electrons. The Balaban J connectivity index is 1.23. The Bertz CT molecular complexity index is 920. The highest BCUT2D eigenvalue weighted by Gasteiger charge is 2.10. The van der Waals surface area contributed by atoms with Crippen molar-refractivity contribution in [1.82, 2.24) is 14.6 Å². The van der Waals surface area contributed by atoms with E-state index in [9.17, 15) is 4.79 Å². The molecule has 0 atom stereocenters. The van der Waals surface area contributed by atoms with E-state index in [4.69, 9.17) is 0 Å². The summed E-state index contributed by atoms with van der Waals surface area (Å²) in [5.74, 6) is 0. The van der Waals surface area contributed by atoms with Crippen molar-refractivity contribution < 1.29 is 0 Å². The van der Waals surface area contributed by atoms with Gasteiger partial charge in [-0.2, -0.15) is 4.52 Å². The molecule has 2 aromatic heterocycles. The Kier molecular flexibility index (Phi) is 22.3. The van der Waals surface area contributed by atoms with Gasteiger partial charge >= 0.3 is 0 Å². The molecule has 2 heterocycles. The van der Waals surface area contributed by atoms with Crippen LogP contribution in [-0.2, 0) is 0 Å². The highest BCUT2D eigenvalue weighted by molar-refractivity contribution is 5.67. The Labute approximate surface area is 259 Å². The molecule has 0 amide bonds. The summed E-state index contributed by atoms with van der Waals surface area (Å²) in [7, 11) is 2.09. The predicted molar refractivity (Wildman–Crippen MR) is 184 cm³/mol. The van der Waals surface area contributed by atoms with Crippen LogP contribution in [0.1, 0.15) is 187 Å². The minimum absolute atomic E-state index is 0.0646. The summed E-state index contributed by atoms with van der Waals surface area (Å²) < 4.78 is 1.51. The average Bonchev–Trinajstić information content (AvgIpc) is 3.44. The monoisotopic (exact) mass is 585 g/mol. The second-order valence-corrected chi connectivity index (χ2v) is 13.1. The van der Waals surface area contributed by atoms with Gasteiger partial charge in [-0.15, -0.1) is 0 Å². The van der Waals surface area contributed by atoms with Crippen molar-refractivity contribution in [2.45, 2.75) is 187 Å². The van der Waals surface area contributed by atoms with E-state index in [1.807, 2.05) is 6.20 Å². The van der Waals surface area contributed by atoms with Gasteiger partial charge in [-0.25, -0.2) is 4.98 Å². The van der Waals surface area contributed by atoms with Crippen LogP contribution in [0.2, 0.25) is 0 Å². The SMILES string of the molecule is CCCCCCCCCCCCCCCCCCCCCCCCCCCCCCN(C)c1c[nH]n2c(=O)ccnc12. The highest BCUT2D eigenvalue weighted by Crippen LogP contribution is 2.19. The average molecular weight is 585 g/mol. The summed E-state index contributed by atoms with van der Waals surface area (Å²) in [5, 5.41) is 3.01. The zero-order valence-corrected chi connectivity index (χ0v) is 28.0. The van der Waals surface area contributed by atoms with Crippen LogP contribution in [0, 0.1) is 0 Å². The molecular weight excluding hydrogens is 516 g/mol. The molecule has 5 nitrogen and oxygen atoms in total. The third-order valence-corrected chi connectivity index (χ3v) is 9.16. The van der Waals surface area contributed by atoms with Crippen molar-refractivity contribution in [3.8, 4) is 0 Å². The molecule has 5 heteroatoms. The van der Waals surface area contributed by atoms with Crippen LogP contribution >= 0.6 is 0 Å². The molecule has 0 aliphatic heterocycles. The van der Waals surface area contributed by atoms with Crippen LogP contribution in [0.5, 0.6) is 0 Å². The van der Waals surface area contributed by atoms with E-state index in [0.29, 0.717) is 5.65 Å². The van der Waals surface area contributed by atoms with Crippen LogP contribution in [-0.4, -0.2) is 28.2 Å². The normalized spacial score (nSPS) is 11.6. The lowest BCUT2D eigenvalue weighted by Gasteiger charge is -2.17. The van der Waals surface area contributed by atoms with Gasteiger partial charge in [0.2, 0.25) is 0 Å². The number of aromatic amines is 1. The maximum absolute atomic E-state index is 11.9. The molecule has 0 saturated carbocycles. The first-order valence-corrected chi connectivity index (χ1v) is 18.5. The molecule has 42 heavy (non-hydrogen) atoms. The molecule has 2 aromatic rings. The van der Waals surface area contributed by atoms with E-state index in [2.05, 4.69) is 29.0 Å². The van der Waals surface area contributed by atoms with Crippen molar-refractivity contribution in [3.63, 3.8) is 0 Å². The lowest BCUT2D eigenvalue weighted by molar-refractivity contribution is 0.514. The lowest BCUT2D eigenvalue weighted by Crippen LogP contribution is -2.19. The minimum Gasteiger partial charge on any atom is -0.370 e. The van der Waals surface area contributed by atoms with Gasteiger partial charge in [0.25, 0.3) is 5.56 Å². The van der Waals surface area contributed by atoms with Gasteiger partial charge in [0.05, 0.1) is 5.69 Å². The largest absolute Gasteiger partial charge is 0.370 e. The molecule has 0 aromatic carbocycles. The van der Waals surface area contributed by atoms with E-state index >= 15 is 0 Å². The number of hydrogen-bond donors (Lipinski definition) is 1. The van der Waals surface area contributed by atoms with Crippen molar-refractivity contribution in [2.24, 2.45) is 0 Å². The van der Waals surface area contributed by atoms with E-state index in [1.54, 1.807) is 6.20 Å². The van der Waals surface area contributed by atoms with E-state index in [0.717, 1.165) is 12.2 Å². The van der Waals surface area contributed by atoms with Crippen LogP contribution in [0.25, 0.3) is 5.65 Å². The number of aromatic nitrogens is 3. The lowest BCUT2D eigenvalue weighted by atomic mass is 10.0. The molecule has 0 spiro atoms. The van der Waals surface area contributed by atoms with Crippen molar-refractivity contribution in [3.05, 3.63) is 28.8 Å². The Morgan fingerprint density at radius 2 is 0.952 bits per heavy atom. The van der Waals surface area contributed by atoms with Crippen LogP contribution in [0.3, 0.4) is 0 Å². The number of nitrogens with one attached hydrogen (secondary N) is 1. The fourth-order valence-corrected chi connectivity index (χ4v) is 6.32. The molecule has 242 valence electrons. The second kappa shape index (κ2) is 25.7. The van der Waals surface area contributed by atoms with Crippen LogP contribution < -0.4 is 10.5 Å². The molecular formula is C37H68N4O. The Morgan fingerprint density at radius 1 is 0.595 bits per heavy atom. The molecule has 0 aliphatic carbocycles. The van der Waals surface area contributed by atoms with Gasteiger partial charge in [-0.3, -0.25) is 9.89 Å². The summed E-state index contributed by atoms with van der Waals surface area (Å²) in [6.07, 6.45) is 43.5. The summed E-state index contributed by atoms with van der Waals surface area (Å²) in [6.45, 7) is 3.30. The van der Waals surface area contributed by atoms with E-state index in [-0.39, 0.29) is 5.56 Å². The second-order valence-electron chi connectivity index (χ2n) is 13.1. The maximum atomic E-state index is 11.9. The first kappa shape index (κ1) is 36.4. The smallest absolute Gasteiger partial charge is 0.272 e. The Morgan fingerprint density at radius 3 is 1.33 bits per heavy atom. The van der Waals surface area contributed by atoms with Gasteiger partial charge in [-0.05, 0) is 6.42 Å². The number of anilines is 1. The number of rotatable bonds is 30. The summed E-state index contributed by atoms with van der Waals surface area (Å²) in [5.41, 5.74) is 1.65. The molecule has 0 unspecified atom stereocenters. The number of hydrogen-bond acceptors (Lipinski definition) is 3. The summed E-state index contributed by atoms with van der Waals surface area (Å²) in [4.78, 5) is 18.4. The summed E-state index contributed by atoms with van der Waals surface area (Å²) in [6, 6.07) is 1.48. The van der Waals surface area contributed by atoms with E-state index in [1.165, 1.54) is 190 Å². The van der Waals surface area contributed by atoms with Gasteiger partial charge < -0.3 is 4.90 Å². The fraction of sp³-hybridized carbons (Fsp3) is 0.838. The predicted octanol–water partition coefficient (Wildman–Crippen LogP) is 11.4. The van der Waals surface area contributed by atoms with Gasteiger partial charge in [0, 0.05) is 32.1 Å². The molecule has 1 N–H and O–H groups in total. The number of nitrogens with zero attached hydrogens (tertiary/aromatic N) is 3. The number of fused-ring (bicyclic) bond motifs is 1. The summed E-state index contributed by atoms with van der Waals surface area (Å²) >= 11 is 0. The van der Waals surface area contributed by atoms with Crippen molar-refractivity contribution >= 4 is 11.3 Å². The van der Waals surface area contributed by atoms with Crippen molar-refractivity contribution in [2.75, 3.05) is 18.5 Å². The molecule has 0 bridgehead atoms. The minimum atomic E-state index is -0.0646. The molecule has 2 rings (SSSR count).